The van der Waals surface area contributed by atoms with Crippen molar-refractivity contribution in [2.24, 2.45) is 5.73 Å². The number of hydrogen-bond acceptors (Lipinski definition) is 3. The van der Waals surface area contributed by atoms with Gasteiger partial charge in [0.15, 0.2) is 0 Å². The van der Waals surface area contributed by atoms with Gasteiger partial charge in [-0.25, -0.2) is 0 Å². The molecule has 1 aliphatic carbocycles. The zero-order valence-corrected chi connectivity index (χ0v) is 4.46. The maximum absolute atomic E-state index is 8.77. The SMILES string of the molecule is NC1CCC(O)=C1O. The topological polar surface area (TPSA) is 66.5 Å². The van der Waals surface area contributed by atoms with Gasteiger partial charge in [0.2, 0.25) is 0 Å². The number of allylic oxidation sites excluding steroid dienone is 1. The third-order valence-corrected chi connectivity index (χ3v) is 1.34. The second kappa shape index (κ2) is 1.67. The van der Waals surface area contributed by atoms with Gasteiger partial charge in [0.1, 0.15) is 11.5 Å². The molecule has 0 fully saturated rings. The molecule has 0 aromatic heterocycles. The van der Waals surface area contributed by atoms with Crippen LogP contribution >= 0.6 is 0 Å². The standard InChI is InChI=1S/C5H9NO2/c6-3-1-2-4(7)5(3)8/h3,7-8H,1-2,6H2. The summed E-state index contributed by atoms with van der Waals surface area (Å²) in [5.74, 6) is 0.0162. The van der Waals surface area contributed by atoms with Crippen molar-refractivity contribution < 1.29 is 10.2 Å². The maximum Gasteiger partial charge on any atom is 0.146 e. The van der Waals surface area contributed by atoms with E-state index in [0.717, 1.165) is 0 Å². The summed E-state index contributed by atoms with van der Waals surface area (Å²) in [6.07, 6.45) is 1.19. The van der Waals surface area contributed by atoms with Crippen LogP contribution in [0, 0.1) is 0 Å². The number of hydrogen-bond donors (Lipinski definition) is 3. The van der Waals surface area contributed by atoms with Crippen LogP contribution in [0.25, 0.3) is 0 Å². The summed E-state index contributed by atoms with van der Waals surface area (Å²) < 4.78 is 0. The molecule has 1 unspecified atom stereocenters. The van der Waals surface area contributed by atoms with E-state index < -0.39 is 0 Å². The van der Waals surface area contributed by atoms with Crippen molar-refractivity contribution in [2.75, 3.05) is 0 Å². The molecule has 1 atom stereocenters. The molecule has 1 aliphatic rings. The lowest BCUT2D eigenvalue weighted by Gasteiger charge is -1.97. The Morgan fingerprint density at radius 3 is 2.25 bits per heavy atom. The summed E-state index contributed by atoms with van der Waals surface area (Å²) in [7, 11) is 0. The van der Waals surface area contributed by atoms with E-state index in [1.807, 2.05) is 0 Å². The van der Waals surface area contributed by atoms with Gasteiger partial charge in [0.25, 0.3) is 0 Å². The fraction of sp³-hybridized carbons (Fsp3) is 0.600. The normalized spacial score (nSPS) is 29.4. The molecule has 46 valence electrons. The highest BCUT2D eigenvalue weighted by molar-refractivity contribution is 5.12. The first kappa shape index (κ1) is 5.44. The van der Waals surface area contributed by atoms with Crippen molar-refractivity contribution in [2.45, 2.75) is 18.9 Å². The van der Waals surface area contributed by atoms with E-state index in [2.05, 4.69) is 0 Å². The number of aliphatic hydroxyl groups excluding tert-OH is 2. The van der Waals surface area contributed by atoms with Crippen LogP contribution in [0.2, 0.25) is 0 Å². The quantitative estimate of drug-likeness (QED) is 0.429. The van der Waals surface area contributed by atoms with Crippen molar-refractivity contribution in [3.05, 3.63) is 11.5 Å². The molecule has 0 radical (unpaired) electrons. The lowest BCUT2D eigenvalue weighted by atomic mass is 10.3. The Balaban J connectivity index is 2.71. The Kier molecular flexibility index (Phi) is 1.13. The third kappa shape index (κ3) is 0.648. The van der Waals surface area contributed by atoms with Gasteiger partial charge in [-0.05, 0) is 6.42 Å². The van der Waals surface area contributed by atoms with E-state index in [4.69, 9.17) is 15.9 Å². The summed E-state index contributed by atoms with van der Waals surface area (Å²) in [6, 6.07) is -0.324. The summed E-state index contributed by atoms with van der Waals surface area (Å²) in [5.41, 5.74) is 5.30. The Labute approximate surface area is 47.4 Å². The van der Waals surface area contributed by atoms with E-state index in [-0.39, 0.29) is 17.6 Å². The number of rotatable bonds is 0. The predicted molar refractivity (Wildman–Crippen MR) is 29.5 cm³/mol. The lowest BCUT2D eigenvalue weighted by molar-refractivity contribution is 0.321. The predicted octanol–water partition coefficient (Wildman–Crippen LogP) is 0.435. The molecule has 0 aromatic rings. The van der Waals surface area contributed by atoms with E-state index in [0.29, 0.717) is 12.8 Å². The van der Waals surface area contributed by atoms with Gasteiger partial charge in [0, 0.05) is 6.42 Å². The van der Waals surface area contributed by atoms with Crippen LogP contribution in [-0.4, -0.2) is 16.3 Å². The van der Waals surface area contributed by atoms with Gasteiger partial charge in [0.05, 0.1) is 6.04 Å². The molecule has 3 nitrogen and oxygen atoms in total. The Hall–Kier alpha value is -0.700. The molecular formula is C5H9NO2. The number of nitrogens with two attached hydrogens (primary N) is 1. The monoisotopic (exact) mass is 115 g/mol. The minimum Gasteiger partial charge on any atom is -0.509 e. The van der Waals surface area contributed by atoms with Crippen molar-refractivity contribution in [1.82, 2.24) is 0 Å². The molecule has 0 saturated carbocycles. The van der Waals surface area contributed by atoms with Crippen molar-refractivity contribution in [1.29, 1.82) is 0 Å². The maximum atomic E-state index is 8.77. The second-order valence-corrected chi connectivity index (χ2v) is 1.98. The minimum atomic E-state index is -0.324. The van der Waals surface area contributed by atoms with E-state index in [9.17, 15) is 0 Å². The van der Waals surface area contributed by atoms with Gasteiger partial charge < -0.3 is 15.9 Å². The first-order valence-electron chi connectivity index (χ1n) is 2.58. The Bertz CT molecular complexity index is 130. The van der Waals surface area contributed by atoms with E-state index in [1.165, 1.54) is 0 Å². The highest BCUT2D eigenvalue weighted by atomic mass is 16.3. The molecule has 0 aliphatic heterocycles. The van der Waals surface area contributed by atoms with Crippen molar-refractivity contribution in [3.8, 4) is 0 Å². The number of aliphatic hydroxyl groups is 2. The van der Waals surface area contributed by atoms with Crippen LogP contribution in [-0.2, 0) is 0 Å². The third-order valence-electron chi connectivity index (χ3n) is 1.34. The fourth-order valence-electron chi connectivity index (χ4n) is 0.771. The molecule has 0 bridgehead atoms. The summed E-state index contributed by atoms with van der Waals surface area (Å²) in [6.45, 7) is 0. The average Bonchev–Trinajstić information content (AvgIpc) is 1.98. The summed E-state index contributed by atoms with van der Waals surface area (Å²) in [5, 5.41) is 17.5. The zero-order valence-electron chi connectivity index (χ0n) is 4.46. The molecule has 3 heteroatoms. The first-order valence-corrected chi connectivity index (χ1v) is 2.58. The lowest BCUT2D eigenvalue weighted by Crippen LogP contribution is -2.18. The molecule has 0 spiro atoms. The smallest absolute Gasteiger partial charge is 0.146 e. The molecule has 0 heterocycles. The largest absolute Gasteiger partial charge is 0.509 e. The molecule has 0 amide bonds. The highest BCUT2D eigenvalue weighted by Crippen LogP contribution is 2.19. The van der Waals surface area contributed by atoms with Gasteiger partial charge in [-0.15, -0.1) is 0 Å². The highest BCUT2D eigenvalue weighted by Gasteiger charge is 2.20. The second-order valence-electron chi connectivity index (χ2n) is 1.98. The van der Waals surface area contributed by atoms with Gasteiger partial charge in [-0.3, -0.25) is 0 Å². The van der Waals surface area contributed by atoms with Crippen molar-refractivity contribution in [3.63, 3.8) is 0 Å². The van der Waals surface area contributed by atoms with E-state index in [1.54, 1.807) is 0 Å². The van der Waals surface area contributed by atoms with Crippen molar-refractivity contribution >= 4 is 0 Å². The molecular weight excluding hydrogens is 106 g/mol. The first-order chi connectivity index (χ1) is 3.72. The summed E-state index contributed by atoms with van der Waals surface area (Å²) in [4.78, 5) is 0. The molecule has 4 N–H and O–H groups in total. The van der Waals surface area contributed by atoms with Gasteiger partial charge in [-0.2, -0.15) is 0 Å². The zero-order chi connectivity index (χ0) is 6.15. The Morgan fingerprint density at radius 2 is 2.12 bits per heavy atom. The van der Waals surface area contributed by atoms with Crippen LogP contribution < -0.4 is 5.73 Å². The van der Waals surface area contributed by atoms with Crippen LogP contribution in [0.4, 0.5) is 0 Å². The molecule has 0 saturated heterocycles. The van der Waals surface area contributed by atoms with Crippen LogP contribution in [0.15, 0.2) is 11.5 Å². The Morgan fingerprint density at radius 1 is 1.50 bits per heavy atom. The fourth-order valence-corrected chi connectivity index (χ4v) is 0.771. The minimum absolute atomic E-state index is 0.0370. The van der Waals surface area contributed by atoms with Crippen LogP contribution in [0.1, 0.15) is 12.8 Å². The molecule has 0 aromatic carbocycles. The summed E-state index contributed by atoms with van der Waals surface area (Å²) >= 11 is 0. The van der Waals surface area contributed by atoms with Crippen LogP contribution in [0.3, 0.4) is 0 Å². The van der Waals surface area contributed by atoms with E-state index >= 15 is 0 Å². The average molecular weight is 115 g/mol. The van der Waals surface area contributed by atoms with Gasteiger partial charge >= 0.3 is 0 Å². The molecule has 8 heavy (non-hydrogen) atoms. The van der Waals surface area contributed by atoms with Crippen LogP contribution in [0.5, 0.6) is 0 Å². The molecule has 1 rings (SSSR count). The van der Waals surface area contributed by atoms with Gasteiger partial charge in [-0.1, -0.05) is 0 Å².